The molecule has 0 radical (unpaired) electrons. The number of methoxy groups -OCH3 is 1. The second-order valence-electron chi connectivity index (χ2n) is 8.73. The van der Waals surface area contributed by atoms with Crippen LogP contribution in [0.25, 0.3) is 16.8 Å². The number of nitrogens with one attached hydrogen (secondary N) is 3. The molecule has 1 saturated carbocycles. The maximum atomic E-state index is 13.3. The molecular formula is C26H25FN4O3. The number of esters is 1. The van der Waals surface area contributed by atoms with Gasteiger partial charge in [0.25, 0.3) is 0 Å². The Morgan fingerprint density at radius 2 is 1.97 bits per heavy atom. The third kappa shape index (κ3) is 4.19. The topological polar surface area (TPSA) is 96.1 Å². The third-order valence-electron chi connectivity index (χ3n) is 6.30. The van der Waals surface area contributed by atoms with Crippen LogP contribution in [0.4, 0.5) is 21.6 Å². The molecule has 2 aliphatic carbocycles. The third-order valence-corrected chi connectivity index (χ3v) is 6.30. The number of aromatic amines is 1. The number of anilines is 3. The van der Waals surface area contributed by atoms with Gasteiger partial charge < -0.3 is 20.4 Å². The molecular weight excluding hydrogens is 435 g/mol. The smallest absolute Gasteiger partial charge is 0.309 e. The summed E-state index contributed by atoms with van der Waals surface area (Å²) in [7, 11) is 1.39. The number of benzene rings is 1. The van der Waals surface area contributed by atoms with E-state index in [1.807, 2.05) is 36.4 Å². The Morgan fingerprint density at radius 3 is 2.68 bits per heavy atom. The van der Waals surface area contributed by atoms with Crippen LogP contribution in [0.15, 0.2) is 55.2 Å². The summed E-state index contributed by atoms with van der Waals surface area (Å²) < 4.78 is 18.2. The molecule has 2 aromatic heterocycles. The SMILES string of the molecule is C=C1CC(C(=O)OC)Cc2[nH]c(-c3ccnc(NC(=O)C4C[C@H]4F)c3)c(Nc3ccccc3)c21. The van der Waals surface area contributed by atoms with Crippen LogP contribution >= 0.6 is 0 Å². The predicted octanol–water partition coefficient (Wildman–Crippen LogP) is 4.87. The number of para-hydroxylation sites is 1. The monoisotopic (exact) mass is 460 g/mol. The molecule has 1 fully saturated rings. The van der Waals surface area contributed by atoms with E-state index in [-0.39, 0.29) is 24.2 Å². The van der Waals surface area contributed by atoms with Crippen molar-refractivity contribution < 1.29 is 18.7 Å². The Bertz CT molecular complexity index is 1270. The number of fused-ring (bicyclic) bond motifs is 1. The molecule has 2 unspecified atom stereocenters. The predicted molar refractivity (Wildman–Crippen MR) is 128 cm³/mol. The number of amides is 1. The molecule has 2 heterocycles. The van der Waals surface area contributed by atoms with E-state index >= 15 is 0 Å². The summed E-state index contributed by atoms with van der Waals surface area (Å²) in [5.41, 5.74) is 5.98. The first-order valence-corrected chi connectivity index (χ1v) is 11.2. The molecule has 0 bridgehead atoms. The first-order valence-electron chi connectivity index (χ1n) is 11.2. The number of allylic oxidation sites excluding steroid dienone is 1. The molecule has 3 atom stereocenters. The van der Waals surface area contributed by atoms with Crippen molar-refractivity contribution in [3.05, 3.63) is 66.5 Å². The van der Waals surface area contributed by atoms with Crippen LogP contribution in [-0.4, -0.2) is 35.1 Å². The lowest BCUT2D eigenvalue weighted by Gasteiger charge is -2.23. The highest BCUT2D eigenvalue weighted by Crippen LogP contribution is 2.44. The number of alkyl halides is 1. The molecule has 0 aliphatic heterocycles. The number of ether oxygens (including phenoxy) is 1. The Balaban J connectivity index is 1.54. The minimum absolute atomic E-state index is 0.253. The molecule has 3 aromatic rings. The van der Waals surface area contributed by atoms with Gasteiger partial charge in [0.1, 0.15) is 12.0 Å². The van der Waals surface area contributed by atoms with Gasteiger partial charge in [-0.1, -0.05) is 24.8 Å². The molecule has 1 aromatic carbocycles. The first-order chi connectivity index (χ1) is 16.4. The highest BCUT2D eigenvalue weighted by Gasteiger charge is 2.43. The fourth-order valence-electron chi connectivity index (χ4n) is 4.46. The fourth-order valence-corrected chi connectivity index (χ4v) is 4.46. The number of hydrogen-bond acceptors (Lipinski definition) is 5. The van der Waals surface area contributed by atoms with E-state index in [2.05, 4.69) is 27.2 Å². The largest absolute Gasteiger partial charge is 0.469 e. The van der Waals surface area contributed by atoms with Crippen LogP contribution in [0, 0.1) is 11.8 Å². The van der Waals surface area contributed by atoms with Gasteiger partial charge in [-0.3, -0.25) is 9.59 Å². The van der Waals surface area contributed by atoms with Gasteiger partial charge in [-0.15, -0.1) is 0 Å². The van der Waals surface area contributed by atoms with E-state index in [4.69, 9.17) is 4.74 Å². The zero-order valence-electron chi connectivity index (χ0n) is 18.7. The fraction of sp³-hybridized carbons (Fsp3) is 0.269. The number of carbonyl (C=O) groups is 2. The van der Waals surface area contributed by atoms with Crippen molar-refractivity contribution in [1.82, 2.24) is 9.97 Å². The van der Waals surface area contributed by atoms with E-state index in [1.54, 1.807) is 12.3 Å². The molecule has 8 heteroatoms. The van der Waals surface area contributed by atoms with Crippen LogP contribution in [0.3, 0.4) is 0 Å². The van der Waals surface area contributed by atoms with Crippen LogP contribution in [-0.2, 0) is 20.7 Å². The highest BCUT2D eigenvalue weighted by molar-refractivity contribution is 5.96. The number of nitrogens with zero attached hydrogens (tertiary/aromatic N) is 1. The summed E-state index contributed by atoms with van der Waals surface area (Å²) >= 11 is 0. The van der Waals surface area contributed by atoms with Crippen molar-refractivity contribution in [2.24, 2.45) is 11.8 Å². The number of H-pyrrole nitrogens is 1. The number of halogens is 1. The van der Waals surface area contributed by atoms with Crippen molar-refractivity contribution in [3.8, 4) is 11.3 Å². The van der Waals surface area contributed by atoms with Crippen LogP contribution in [0.2, 0.25) is 0 Å². The highest BCUT2D eigenvalue weighted by atomic mass is 19.1. The summed E-state index contributed by atoms with van der Waals surface area (Å²) in [6.07, 6.45) is 1.78. The second kappa shape index (κ2) is 8.78. The van der Waals surface area contributed by atoms with Gasteiger partial charge >= 0.3 is 5.97 Å². The van der Waals surface area contributed by atoms with E-state index in [0.717, 1.165) is 39.5 Å². The Hall–Kier alpha value is -3.94. The van der Waals surface area contributed by atoms with Gasteiger partial charge in [-0.25, -0.2) is 9.37 Å². The maximum Gasteiger partial charge on any atom is 0.309 e. The zero-order valence-corrected chi connectivity index (χ0v) is 18.7. The average Bonchev–Trinajstić information content (AvgIpc) is 3.47. The minimum atomic E-state index is -1.08. The summed E-state index contributed by atoms with van der Waals surface area (Å²) in [4.78, 5) is 32.1. The number of pyridine rings is 1. The minimum Gasteiger partial charge on any atom is -0.469 e. The molecule has 0 saturated heterocycles. The van der Waals surface area contributed by atoms with E-state index in [0.29, 0.717) is 18.7 Å². The number of hydrogen-bond donors (Lipinski definition) is 3. The first kappa shape index (κ1) is 21.9. The van der Waals surface area contributed by atoms with Gasteiger partial charge in [0.15, 0.2) is 0 Å². The normalized spacial score (nSPS) is 20.9. The van der Waals surface area contributed by atoms with Gasteiger partial charge in [-0.2, -0.15) is 0 Å². The Labute approximate surface area is 196 Å². The van der Waals surface area contributed by atoms with Crippen LogP contribution < -0.4 is 10.6 Å². The van der Waals surface area contributed by atoms with E-state index in [9.17, 15) is 14.0 Å². The maximum absolute atomic E-state index is 13.3. The lowest BCUT2D eigenvalue weighted by molar-refractivity contribution is -0.145. The summed E-state index contributed by atoms with van der Waals surface area (Å²) in [6.45, 7) is 4.25. The van der Waals surface area contributed by atoms with Crippen LogP contribution in [0.5, 0.6) is 0 Å². The summed E-state index contributed by atoms with van der Waals surface area (Å²) in [5, 5.41) is 6.21. The Kier molecular flexibility index (Phi) is 5.65. The van der Waals surface area contributed by atoms with Gasteiger partial charge in [0.2, 0.25) is 5.91 Å². The quantitative estimate of drug-likeness (QED) is 0.457. The molecule has 0 spiro atoms. The lowest BCUT2D eigenvalue weighted by Crippen LogP contribution is -2.23. The van der Waals surface area contributed by atoms with Gasteiger partial charge in [0.05, 0.1) is 30.3 Å². The Morgan fingerprint density at radius 1 is 1.21 bits per heavy atom. The van der Waals surface area contributed by atoms with Crippen LogP contribution in [0.1, 0.15) is 24.1 Å². The molecule has 2 aliphatic rings. The molecule has 34 heavy (non-hydrogen) atoms. The molecule has 174 valence electrons. The summed E-state index contributed by atoms with van der Waals surface area (Å²) in [6, 6.07) is 13.3. The van der Waals surface area contributed by atoms with E-state index < -0.39 is 12.1 Å². The number of rotatable bonds is 6. The molecule has 5 rings (SSSR count). The van der Waals surface area contributed by atoms with Crippen molar-refractivity contribution in [3.63, 3.8) is 0 Å². The van der Waals surface area contributed by atoms with Gasteiger partial charge in [0, 0.05) is 35.1 Å². The lowest BCUT2D eigenvalue weighted by atomic mass is 9.84. The molecule has 7 nitrogen and oxygen atoms in total. The van der Waals surface area contributed by atoms with E-state index in [1.165, 1.54) is 7.11 Å². The zero-order chi connectivity index (χ0) is 23.8. The van der Waals surface area contributed by atoms with Crippen molar-refractivity contribution in [2.45, 2.75) is 25.4 Å². The standard InChI is InChI=1S/C26H25FN4O3/c1-14-10-16(26(33)34-2)11-20-22(14)24(29-17-6-4-3-5-7-17)23(30-20)15-8-9-28-21(12-15)31-25(32)18-13-19(18)27/h3-9,12,16,18-19,29-30H,1,10-11,13H2,2H3,(H,28,31,32)/t16?,18?,19-/m1/s1. The number of carbonyl (C=O) groups excluding carboxylic acids is 2. The van der Waals surface area contributed by atoms with Gasteiger partial charge in [-0.05, 0) is 42.7 Å². The molecule has 3 N–H and O–H groups in total. The second-order valence-corrected chi connectivity index (χ2v) is 8.73. The van der Waals surface area contributed by atoms with Crippen molar-refractivity contribution in [2.75, 3.05) is 17.7 Å². The molecule has 1 amide bonds. The average molecular weight is 461 g/mol. The van der Waals surface area contributed by atoms with Crippen molar-refractivity contribution >= 4 is 34.6 Å². The number of aromatic nitrogens is 2. The summed E-state index contributed by atoms with van der Waals surface area (Å²) in [5.74, 6) is -1.18. The van der Waals surface area contributed by atoms with Crippen molar-refractivity contribution in [1.29, 1.82) is 0 Å².